The summed E-state index contributed by atoms with van der Waals surface area (Å²) < 4.78 is 41.3. The van der Waals surface area contributed by atoms with Gasteiger partial charge in [0.1, 0.15) is 6.61 Å². The lowest BCUT2D eigenvalue weighted by molar-refractivity contribution is -0.174. The molecule has 0 aliphatic heterocycles. The molecule has 1 atom stereocenters. The molecular weight excluding hydrogens is 223 g/mol. The maximum atomic E-state index is 11.7. The Balaban J connectivity index is 2.27. The Bertz CT molecular complexity index is 320. The summed E-state index contributed by atoms with van der Waals surface area (Å²) in [5.41, 5.74) is 0.732. The van der Waals surface area contributed by atoms with Gasteiger partial charge in [0.2, 0.25) is 0 Å². The number of ether oxygens (including phenoxy) is 1. The molecule has 92 valence electrons. The Morgan fingerprint density at radius 1 is 1.50 bits per heavy atom. The quantitative estimate of drug-likeness (QED) is 0.796. The van der Waals surface area contributed by atoms with Crippen molar-refractivity contribution in [2.75, 3.05) is 13.2 Å². The molecule has 1 aromatic heterocycles. The first-order chi connectivity index (χ1) is 7.38. The number of aliphatic hydroxyl groups excluding tert-OH is 1. The van der Waals surface area contributed by atoms with Gasteiger partial charge in [0, 0.05) is 18.9 Å². The molecule has 1 aromatic rings. The highest BCUT2D eigenvalue weighted by atomic mass is 19.4. The number of hydrogen-bond donors (Lipinski definition) is 1. The van der Waals surface area contributed by atoms with E-state index < -0.39 is 18.9 Å². The number of alkyl halides is 3. The molecule has 0 aromatic carbocycles. The van der Waals surface area contributed by atoms with Gasteiger partial charge in [-0.15, -0.1) is 0 Å². The number of hydrogen-bond acceptors (Lipinski definition) is 2. The van der Waals surface area contributed by atoms with E-state index >= 15 is 0 Å². The molecule has 0 amide bonds. The van der Waals surface area contributed by atoms with E-state index in [0.29, 0.717) is 6.54 Å². The highest BCUT2D eigenvalue weighted by Gasteiger charge is 2.27. The third-order valence-electron chi connectivity index (χ3n) is 2.02. The second kappa shape index (κ2) is 5.36. The Labute approximate surface area is 91.4 Å². The van der Waals surface area contributed by atoms with Crippen molar-refractivity contribution in [3.8, 4) is 0 Å². The smallest absolute Gasteiger partial charge is 0.389 e. The zero-order valence-corrected chi connectivity index (χ0v) is 8.87. The number of nitrogens with zero attached hydrogens (tertiary/aromatic N) is 1. The average molecular weight is 237 g/mol. The van der Waals surface area contributed by atoms with Crippen LogP contribution >= 0.6 is 0 Å². The lowest BCUT2D eigenvalue weighted by atomic mass is 10.2. The fourth-order valence-corrected chi connectivity index (χ4v) is 1.20. The Morgan fingerprint density at radius 3 is 2.69 bits per heavy atom. The molecule has 0 spiro atoms. The zero-order valence-electron chi connectivity index (χ0n) is 8.87. The summed E-state index contributed by atoms with van der Waals surface area (Å²) in [4.78, 5) is 0. The Morgan fingerprint density at radius 2 is 2.19 bits per heavy atom. The van der Waals surface area contributed by atoms with Gasteiger partial charge < -0.3 is 14.4 Å². The molecule has 0 radical (unpaired) electrons. The van der Waals surface area contributed by atoms with Crippen LogP contribution in [0.15, 0.2) is 18.5 Å². The van der Waals surface area contributed by atoms with Crippen LogP contribution in [0.25, 0.3) is 0 Å². The van der Waals surface area contributed by atoms with E-state index in [9.17, 15) is 18.3 Å². The van der Waals surface area contributed by atoms with E-state index in [0.717, 1.165) is 5.56 Å². The van der Waals surface area contributed by atoms with Crippen molar-refractivity contribution in [2.24, 2.45) is 0 Å². The SMILES string of the molecule is CC(O)c1ccn(CCOCC(F)(F)F)c1. The van der Waals surface area contributed by atoms with Crippen LogP contribution in [-0.4, -0.2) is 29.1 Å². The predicted molar refractivity (Wildman–Crippen MR) is 51.9 cm³/mol. The minimum Gasteiger partial charge on any atom is -0.389 e. The van der Waals surface area contributed by atoms with Crippen molar-refractivity contribution in [2.45, 2.75) is 25.7 Å². The zero-order chi connectivity index (χ0) is 12.2. The third-order valence-corrected chi connectivity index (χ3v) is 2.02. The topological polar surface area (TPSA) is 34.4 Å². The van der Waals surface area contributed by atoms with Gasteiger partial charge in [0.05, 0.1) is 12.7 Å². The summed E-state index contributed by atoms with van der Waals surface area (Å²) in [6.45, 7) is 0.730. The van der Waals surface area contributed by atoms with Crippen LogP contribution in [0.5, 0.6) is 0 Å². The predicted octanol–water partition coefficient (Wildman–Crippen LogP) is 2.12. The Kier molecular flexibility index (Phi) is 4.37. The van der Waals surface area contributed by atoms with Gasteiger partial charge in [-0.2, -0.15) is 13.2 Å². The third kappa shape index (κ3) is 4.67. The summed E-state index contributed by atoms with van der Waals surface area (Å²) >= 11 is 0. The number of aromatic nitrogens is 1. The molecule has 6 heteroatoms. The first-order valence-electron chi connectivity index (χ1n) is 4.87. The summed E-state index contributed by atoms with van der Waals surface area (Å²) in [7, 11) is 0. The second-order valence-corrected chi connectivity index (χ2v) is 3.53. The van der Waals surface area contributed by atoms with Crippen LogP contribution in [0.4, 0.5) is 13.2 Å². The van der Waals surface area contributed by atoms with Gasteiger partial charge in [-0.1, -0.05) is 0 Å². The molecule has 3 nitrogen and oxygen atoms in total. The molecule has 1 unspecified atom stereocenters. The number of rotatable bonds is 5. The van der Waals surface area contributed by atoms with Crippen molar-refractivity contribution in [1.29, 1.82) is 0 Å². The largest absolute Gasteiger partial charge is 0.411 e. The number of aliphatic hydroxyl groups is 1. The van der Waals surface area contributed by atoms with Crippen LogP contribution in [0.2, 0.25) is 0 Å². The maximum Gasteiger partial charge on any atom is 0.411 e. The van der Waals surface area contributed by atoms with Crippen LogP contribution < -0.4 is 0 Å². The fraction of sp³-hybridized carbons (Fsp3) is 0.600. The van der Waals surface area contributed by atoms with Crippen molar-refractivity contribution in [1.82, 2.24) is 4.57 Å². The summed E-state index contributed by atoms with van der Waals surface area (Å²) in [5, 5.41) is 9.22. The van der Waals surface area contributed by atoms with E-state index in [1.54, 1.807) is 30.0 Å². The van der Waals surface area contributed by atoms with Gasteiger partial charge in [0.15, 0.2) is 0 Å². The first kappa shape index (κ1) is 13.1. The molecule has 0 saturated carbocycles. The molecule has 1 heterocycles. The molecule has 0 fully saturated rings. The highest BCUT2D eigenvalue weighted by Crippen LogP contribution is 2.15. The van der Waals surface area contributed by atoms with Gasteiger partial charge in [-0.25, -0.2) is 0 Å². The molecule has 0 aliphatic carbocycles. The lowest BCUT2D eigenvalue weighted by Crippen LogP contribution is -2.18. The summed E-state index contributed by atoms with van der Waals surface area (Å²) in [5.74, 6) is 0. The van der Waals surface area contributed by atoms with Gasteiger partial charge >= 0.3 is 6.18 Å². The van der Waals surface area contributed by atoms with Crippen molar-refractivity contribution in [3.05, 3.63) is 24.0 Å². The minimum atomic E-state index is -4.28. The van der Waals surface area contributed by atoms with Crippen LogP contribution in [0.3, 0.4) is 0 Å². The highest BCUT2D eigenvalue weighted by molar-refractivity contribution is 5.12. The molecule has 0 saturated heterocycles. The standard InChI is InChI=1S/C10H14F3NO2/c1-8(15)9-2-3-14(6-9)4-5-16-7-10(11,12)13/h2-3,6,8,15H,4-5,7H2,1H3. The normalized spacial score (nSPS) is 14.1. The minimum absolute atomic E-state index is 0.00651. The summed E-state index contributed by atoms with van der Waals surface area (Å²) in [6, 6.07) is 1.72. The van der Waals surface area contributed by atoms with Crippen LogP contribution in [0.1, 0.15) is 18.6 Å². The van der Waals surface area contributed by atoms with E-state index in [1.165, 1.54) is 0 Å². The molecule has 0 aliphatic rings. The van der Waals surface area contributed by atoms with Gasteiger partial charge in [-0.3, -0.25) is 0 Å². The maximum absolute atomic E-state index is 11.7. The van der Waals surface area contributed by atoms with E-state index in [4.69, 9.17) is 0 Å². The monoisotopic (exact) mass is 237 g/mol. The Hall–Kier alpha value is -1.01. The molecule has 16 heavy (non-hydrogen) atoms. The molecular formula is C10H14F3NO2. The first-order valence-corrected chi connectivity index (χ1v) is 4.87. The van der Waals surface area contributed by atoms with Crippen LogP contribution in [-0.2, 0) is 11.3 Å². The van der Waals surface area contributed by atoms with Gasteiger partial charge in [-0.05, 0) is 18.6 Å². The van der Waals surface area contributed by atoms with Gasteiger partial charge in [0.25, 0.3) is 0 Å². The van der Waals surface area contributed by atoms with Crippen molar-refractivity contribution in [3.63, 3.8) is 0 Å². The van der Waals surface area contributed by atoms with E-state index in [1.807, 2.05) is 0 Å². The number of halogens is 3. The van der Waals surface area contributed by atoms with Crippen molar-refractivity contribution < 1.29 is 23.0 Å². The molecule has 0 bridgehead atoms. The summed E-state index contributed by atoms with van der Waals surface area (Å²) in [6.07, 6.45) is -1.47. The lowest BCUT2D eigenvalue weighted by Gasteiger charge is -2.08. The average Bonchev–Trinajstić information content (AvgIpc) is 2.59. The molecule has 1 rings (SSSR count). The van der Waals surface area contributed by atoms with Crippen molar-refractivity contribution >= 4 is 0 Å². The van der Waals surface area contributed by atoms with E-state index in [2.05, 4.69) is 4.74 Å². The molecule has 1 N–H and O–H groups in total. The second-order valence-electron chi connectivity index (χ2n) is 3.53. The van der Waals surface area contributed by atoms with E-state index in [-0.39, 0.29) is 6.61 Å². The fourth-order valence-electron chi connectivity index (χ4n) is 1.20. The van der Waals surface area contributed by atoms with Crippen LogP contribution in [0, 0.1) is 0 Å².